The number of carbonyl (C=O) groups is 1. The molecule has 94 valence electrons. The first-order valence-corrected chi connectivity index (χ1v) is 6.03. The molecule has 5 nitrogen and oxygen atoms in total. The largest absolute Gasteiger partial charge is 0.376 e. The molecule has 1 fully saturated rings. The highest BCUT2D eigenvalue weighted by molar-refractivity contribution is 5.75. The van der Waals surface area contributed by atoms with Crippen LogP contribution in [-0.2, 0) is 16.1 Å². The maximum absolute atomic E-state index is 11.7. The summed E-state index contributed by atoms with van der Waals surface area (Å²) in [6.45, 7) is 5.68. The summed E-state index contributed by atoms with van der Waals surface area (Å²) in [5, 5.41) is 2.90. The van der Waals surface area contributed by atoms with Gasteiger partial charge in [-0.1, -0.05) is 0 Å². The fraction of sp³-hybridized carbons (Fsp3) is 0.667. The van der Waals surface area contributed by atoms with Crippen molar-refractivity contribution in [3.8, 4) is 0 Å². The van der Waals surface area contributed by atoms with Crippen molar-refractivity contribution in [2.45, 2.75) is 39.3 Å². The Morgan fingerprint density at radius 3 is 3.06 bits per heavy atom. The molecule has 1 aromatic heterocycles. The van der Waals surface area contributed by atoms with E-state index in [2.05, 4.69) is 10.3 Å². The van der Waals surface area contributed by atoms with Crippen LogP contribution in [0, 0.1) is 13.8 Å². The topological polar surface area (TPSA) is 56.2 Å². The molecule has 1 N–H and O–H groups in total. The molecule has 1 atom stereocenters. The zero-order valence-corrected chi connectivity index (χ0v) is 10.4. The first kappa shape index (κ1) is 12.1. The lowest BCUT2D eigenvalue weighted by molar-refractivity contribution is -0.122. The molecule has 5 heteroatoms. The summed E-state index contributed by atoms with van der Waals surface area (Å²) in [7, 11) is 0. The SMILES string of the molecule is Cc1ncn(CC(=O)NC[C@@H]2CCCO2)c1C. The Hall–Kier alpha value is -1.36. The zero-order chi connectivity index (χ0) is 12.3. The summed E-state index contributed by atoms with van der Waals surface area (Å²) in [5.74, 6) is 0.0148. The molecule has 1 aliphatic heterocycles. The Labute approximate surface area is 101 Å². The first-order valence-electron chi connectivity index (χ1n) is 6.03. The van der Waals surface area contributed by atoms with Gasteiger partial charge < -0.3 is 14.6 Å². The van der Waals surface area contributed by atoms with E-state index in [4.69, 9.17) is 4.74 Å². The molecule has 1 amide bonds. The van der Waals surface area contributed by atoms with E-state index in [1.165, 1.54) is 0 Å². The molecule has 2 heterocycles. The zero-order valence-electron chi connectivity index (χ0n) is 10.4. The minimum atomic E-state index is 0.0148. The minimum absolute atomic E-state index is 0.0148. The van der Waals surface area contributed by atoms with E-state index in [1.54, 1.807) is 6.33 Å². The molecule has 0 aromatic carbocycles. The van der Waals surface area contributed by atoms with E-state index in [-0.39, 0.29) is 12.0 Å². The molecule has 0 radical (unpaired) electrons. The Bertz CT molecular complexity index is 394. The van der Waals surface area contributed by atoms with Crippen molar-refractivity contribution in [1.82, 2.24) is 14.9 Å². The third-order valence-corrected chi connectivity index (χ3v) is 3.21. The summed E-state index contributed by atoms with van der Waals surface area (Å²) in [6, 6.07) is 0. The van der Waals surface area contributed by atoms with Crippen LogP contribution in [0.2, 0.25) is 0 Å². The number of aromatic nitrogens is 2. The van der Waals surface area contributed by atoms with Crippen molar-refractivity contribution in [2.24, 2.45) is 0 Å². The molecule has 0 spiro atoms. The number of nitrogens with zero attached hydrogens (tertiary/aromatic N) is 2. The Kier molecular flexibility index (Phi) is 3.78. The monoisotopic (exact) mass is 237 g/mol. The van der Waals surface area contributed by atoms with Gasteiger partial charge in [0, 0.05) is 18.8 Å². The maximum Gasteiger partial charge on any atom is 0.240 e. The molecule has 0 aliphatic carbocycles. The minimum Gasteiger partial charge on any atom is -0.376 e. The van der Waals surface area contributed by atoms with Crippen LogP contribution >= 0.6 is 0 Å². The highest BCUT2D eigenvalue weighted by Gasteiger charge is 2.16. The third kappa shape index (κ3) is 3.06. The van der Waals surface area contributed by atoms with Gasteiger partial charge in [-0.3, -0.25) is 4.79 Å². The van der Waals surface area contributed by atoms with Gasteiger partial charge in [-0.05, 0) is 26.7 Å². The van der Waals surface area contributed by atoms with Crippen LogP contribution in [0.5, 0.6) is 0 Å². The van der Waals surface area contributed by atoms with Gasteiger partial charge in [-0.25, -0.2) is 4.98 Å². The van der Waals surface area contributed by atoms with Gasteiger partial charge in [0.25, 0.3) is 0 Å². The van der Waals surface area contributed by atoms with Crippen molar-refractivity contribution >= 4 is 5.91 Å². The number of aryl methyl sites for hydroxylation is 1. The fourth-order valence-corrected chi connectivity index (χ4v) is 1.95. The lowest BCUT2D eigenvalue weighted by atomic mass is 10.2. The maximum atomic E-state index is 11.7. The molecule has 0 bridgehead atoms. The number of rotatable bonds is 4. The predicted molar refractivity (Wildman–Crippen MR) is 63.7 cm³/mol. The van der Waals surface area contributed by atoms with Crippen LogP contribution in [0.4, 0.5) is 0 Å². The van der Waals surface area contributed by atoms with Crippen LogP contribution < -0.4 is 5.32 Å². The number of nitrogens with one attached hydrogen (secondary N) is 1. The summed E-state index contributed by atoms with van der Waals surface area (Å²) >= 11 is 0. The van der Waals surface area contributed by atoms with Gasteiger partial charge in [0.05, 0.1) is 18.1 Å². The van der Waals surface area contributed by atoms with Crippen LogP contribution in [0.3, 0.4) is 0 Å². The average molecular weight is 237 g/mol. The molecular formula is C12H19N3O2. The number of imidazole rings is 1. The van der Waals surface area contributed by atoms with Crippen LogP contribution in [0.25, 0.3) is 0 Å². The molecule has 1 aromatic rings. The number of hydrogen-bond donors (Lipinski definition) is 1. The van der Waals surface area contributed by atoms with Crippen molar-refractivity contribution in [1.29, 1.82) is 0 Å². The van der Waals surface area contributed by atoms with E-state index in [0.717, 1.165) is 30.8 Å². The second-order valence-corrected chi connectivity index (χ2v) is 4.48. The van der Waals surface area contributed by atoms with Gasteiger partial charge in [0.2, 0.25) is 5.91 Å². The van der Waals surface area contributed by atoms with E-state index in [0.29, 0.717) is 13.1 Å². The molecular weight excluding hydrogens is 218 g/mol. The van der Waals surface area contributed by atoms with Gasteiger partial charge in [-0.15, -0.1) is 0 Å². The summed E-state index contributed by atoms with van der Waals surface area (Å²) < 4.78 is 7.31. The molecule has 0 saturated carbocycles. The van der Waals surface area contributed by atoms with Gasteiger partial charge >= 0.3 is 0 Å². The quantitative estimate of drug-likeness (QED) is 0.842. The van der Waals surface area contributed by atoms with Crippen LogP contribution in [0.15, 0.2) is 6.33 Å². The number of carbonyl (C=O) groups excluding carboxylic acids is 1. The normalized spacial score (nSPS) is 19.5. The lowest BCUT2D eigenvalue weighted by Crippen LogP contribution is -2.34. The molecule has 2 rings (SSSR count). The predicted octanol–water partition coefficient (Wildman–Crippen LogP) is 0.795. The van der Waals surface area contributed by atoms with E-state index >= 15 is 0 Å². The fourth-order valence-electron chi connectivity index (χ4n) is 1.95. The Balaban J connectivity index is 1.78. The van der Waals surface area contributed by atoms with Crippen LogP contribution in [-0.4, -0.2) is 34.7 Å². The molecule has 1 saturated heterocycles. The highest BCUT2D eigenvalue weighted by atomic mass is 16.5. The van der Waals surface area contributed by atoms with Gasteiger partial charge in [0.15, 0.2) is 0 Å². The number of hydrogen-bond acceptors (Lipinski definition) is 3. The van der Waals surface area contributed by atoms with E-state index in [9.17, 15) is 4.79 Å². The van der Waals surface area contributed by atoms with Gasteiger partial charge in [-0.2, -0.15) is 0 Å². The third-order valence-electron chi connectivity index (χ3n) is 3.21. The van der Waals surface area contributed by atoms with Crippen molar-refractivity contribution < 1.29 is 9.53 Å². The summed E-state index contributed by atoms with van der Waals surface area (Å²) in [6.07, 6.45) is 4.05. The van der Waals surface area contributed by atoms with Crippen molar-refractivity contribution in [3.05, 3.63) is 17.7 Å². The Morgan fingerprint density at radius 1 is 1.65 bits per heavy atom. The second-order valence-electron chi connectivity index (χ2n) is 4.48. The smallest absolute Gasteiger partial charge is 0.240 e. The van der Waals surface area contributed by atoms with E-state index in [1.807, 2.05) is 18.4 Å². The number of amides is 1. The second kappa shape index (κ2) is 5.31. The molecule has 17 heavy (non-hydrogen) atoms. The summed E-state index contributed by atoms with van der Waals surface area (Å²) in [5.41, 5.74) is 2.01. The average Bonchev–Trinajstić information content (AvgIpc) is 2.92. The van der Waals surface area contributed by atoms with Crippen molar-refractivity contribution in [3.63, 3.8) is 0 Å². The standard InChI is InChI=1S/C12H19N3O2/c1-9-10(2)15(8-14-9)7-12(16)13-6-11-4-3-5-17-11/h8,11H,3-7H2,1-2H3,(H,13,16)/t11-/m0/s1. The molecule has 1 aliphatic rings. The van der Waals surface area contributed by atoms with Crippen LogP contribution in [0.1, 0.15) is 24.2 Å². The van der Waals surface area contributed by atoms with E-state index < -0.39 is 0 Å². The molecule has 0 unspecified atom stereocenters. The van der Waals surface area contributed by atoms with Crippen molar-refractivity contribution in [2.75, 3.05) is 13.2 Å². The van der Waals surface area contributed by atoms with Gasteiger partial charge in [0.1, 0.15) is 6.54 Å². The first-order chi connectivity index (χ1) is 8.16. The summed E-state index contributed by atoms with van der Waals surface area (Å²) in [4.78, 5) is 15.9. The lowest BCUT2D eigenvalue weighted by Gasteiger charge is -2.11. The number of ether oxygens (including phenoxy) is 1. The Morgan fingerprint density at radius 2 is 2.47 bits per heavy atom. The highest BCUT2D eigenvalue weighted by Crippen LogP contribution is 2.10.